The highest BCUT2D eigenvalue weighted by molar-refractivity contribution is 7.19. The molecule has 0 bridgehead atoms. The van der Waals surface area contributed by atoms with Crippen molar-refractivity contribution < 1.29 is 10.2 Å². The molecule has 0 aromatic heterocycles. The first-order chi connectivity index (χ1) is 13.6. The van der Waals surface area contributed by atoms with Crippen LogP contribution < -0.4 is 0 Å². The lowest BCUT2D eigenvalue weighted by molar-refractivity contribution is 0.435. The third-order valence-electron chi connectivity index (χ3n) is 5.69. The summed E-state index contributed by atoms with van der Waals surface area (Å²) < 4.78 is 0. The molecule has 1 unspecified atom stereocenters. The molecule has 0 radical (unpaired) electrons. The van der Waals surface area contributed by atoms with Crippen molar-refractivity contribution in [2.45, 2.75) is 91.1 Å². The molecule has 0 saturated carbocycles. The van der Waals surface area contributed by atoms with Crippen molar-refractivity contribution in [1.82, 2.24) is 0 Å². The predicted octanol–water partition coefficient (Wildman–Crippen LogP) is 7.19. The van der Waals surface area contributed by atoms with Crippen LogP contribution in [0, 0.1) is 13.8 Å². The summed E-state index contributed by atoms with van der Waals surface area (Å²) in [5.74, 6) is 0.661. The zero-order valence-corrected chi connectivity index (χ0v) is 20.3. The van der Waals surface area contributed by atoms with E-state index in [1.807, 2.05) is 0 Å². The average Bonchev–Trinajstić information content (AvgIpc) is 2.63. The third-order valence-corrected chi connectivity index (χ3v) is 6.02. The molecule has 2 nitrogen and oxygen atoms in total. The maximum absolute atomic E-state index is 11.2. The first-order valence-corrected chi connectivity index (χ1v) is 11.6. The standard InChI is InChI=1S/C26H39O2P/c1-7-9-11-19-13-17(3)15-21(24(19)27)23(26(5,6)29)22-16-18(4)14-20(25(22)28)12-10-8-2/h13-16,23,27-28H,7-12,29H2,1-6H3. The molecule has 2 N–H and O–H groups in total. The molecular weight excluding hydrogens is 375 g/mol. The van der Waals surface area contributed by atoms with E-state index < -0.39 is 0 Å². The highest BCUT2D eigenvalue weighted by Crippen LogP contribution is 2.48. The van der Waals surface area contributed by atoms with Crippen LogP contribution in [0.1, 0.15) is 92.7 Å². The van der Waals surface area contributed by atoms with Gasteiger partial charge in [-0.25, -0.2) is 0 Å². The number of phenolic OH excluding ortho intramolecular Hbond substituents is 2. The Morgan fingerprint density at radius 1 is 0.793 bits per heavy atom. The molecule has 0 aliphatic rings. The molecular formula is C26H39O2P. The van der Waals surface area contributed by atoms with Crippen molar-refractivity contribution >= 4 is 9.24 Å². The molecule has 2 aromatic rings. The Bertz CT molecular complexity index is 770. The summed E-state index contributed by atoms with van der Waals surface area (Å²) in [7, 11) is 2.94. The van der Waals surface area contributed by atoms with Gasteiger partial charge in [-0.2, -0.15) is 0 Å². The summed E-state index contributed by atoms with van der Waals surface area (Å²) in [6.45, 7) is 12.8. The van der Waals surface area contributed by atoms with E-state index in [9.17, 15) is 10.2 Å². The molecule has 29 heavy (non-hydrogen) atoms. The van der Waals surface area contributed by atoms with Gasteiger partial charge in [0.05, 0.1) is 0 Å². The van der Waals surface area contributed by atoms with Crippen LogP contribution in [0.25, 0.3) is 0 Å². The van der Waals surface area contributed by atoms with E-state index >= 15 is 0 Å². The Hall–Kier alpha value is -1.53. The monoisotopic (exact) mass is 414 g/mol. The van der Waals surface area contributed by atoms with Gasteiger partial charge < -0.3 is 10.2 Å². The largest absolute Gasteiger partial charge is 0.507 e. The fourth-order valence-electron chi connectivity index (χ4n) is 4.29. The highest BCUT2D eigenvalue weighted by Gasteiger charge is 2.33. The second-order valence-corrected chi connectivity index (χ2v) is 10.7. The SMILES string of the molecule is CCCCc1cc(C)cc(C(c2cc(C)cc(CCCC)c2O)C(C)(C)P)c1O. The first-order valence-electron chi connectivity index (χ1n) is 11.0. The average molecular weight is 415 g/mol. The lowest BCUT2D eigenvalue weighted by Gasteiger charge is -2.34. The van der Waals surface area contributed by atoms with Crippen molar-refractivity contribution in [2.24, 2.45) is 0 Å². The summed E-state index contributed by atoms with van der Waals surface area (Å²) in [5.41, 5.74) is 6.17. The number of benzene rings is 2. The first kappa shape index (κ1) is 23.7. The van der Waals surface area contributed by atoms with Gasteiger partial charge in [-0.05, 0) is 55.8 Å². The third kappa shape index (κ3) is 5.76. The zero-order valence-electron chi connectivity index (χ0n) is 19.1. The van der Waals surface area contributed by atoms with Gasteiger partial charge in [-0.15, -0.1) is 9.24 Å². The van der Waals surface area contributed by atoms with E-state index in [2.05, 4.69) is 75.0 Å². The van der Waals surface area contributed by atoms with Crippen LogP contribution in [0.3, 0.4) is 0 Å². The van der Waals surface area contributed by atoms with E-state index in [-0.39, 0.29) is 11.1 Å². The van der Waals surface area contributed by atoms with Gasteiger partial charge in [0, 0.05) is 17.0 Å². The van der Waals surface area contributed by atoms with E-state index in [1.54, 1.807) is 0 Å². The normalized spacial score (nSPS) is 12.0. The number of aryl methyl sites for hydroxylation is 4. The number of hydrogen-bond acceptors (Lipinski definition) is 2. The van der Waals surface area contributed by atoms with Gasteiger partial charge in [-0.3, -0.25) is 0 Å². The molecule has 0 fully saturated rings. The number of hydrogen-bond donors (Lipinski definition) is 2. The lowest BCUT2D eigenvalue weighted by atomic mass is 9.78. The van der Waals surface area contributed by atoms with Gasteiger partial charge in [0.25, 0.3) is 0 Å². The smallest absolute Gasteiger partial charge is 0.122 e. The fourth-order valence-corrected chi connectivity index (χ4v) is 4.65. The van der Waals surface area contributed by atoms with Crippen LogP contribution in [0.15, 0.2) is 24.3 Å². The number of rotatable bonds is 9. The van der Waals surface area contributed by atoms with Gasteiger partial charge in [0.1, 0.15) is 11.5 Å². The van der Waals surface area contributed by atoms with E-state index in [0.29, 0.717) is 11.5 Å². The minimum atomic E-state index is -0.236. The second kappa shape index (κ2) is 9.98. The molecule has 0 aliphatic carbocycles. The van der Waals surface area contributed by atoms with E-state index in [0.717, 1.165) is 71.9 Å². The fraction of sp³-hybridized carbons (Fsp3) is 0.538. The van der Waals surface area contributed by atoms with Crippen LogP contribution in [-0.4, -0.2) is 15.4 Å². The quantitative estimate of drug-likeness (QED) is 0.426. The Balaban J connectivity index is 2.69. The van der Waals surface area contributed by atoms with Crippen molar-refractivity contribution in [2.75, 3.05) is 0 Å². The topological polar surface area (TPSA) is 40.5 Å². The zero-order chi connectivity index (χ0) is 21.8. The molecule has 0 spiro atoms. The van der Waals surface area contributed by atoms with Gasteiger partial charge in [0.15, 0.2) is 0 Å². The van der Waals surface area contributed by atoms with Crippen LogP contribution in [-0.2, 0) is 12.8 Å². The Morgan fingerprint density at radius 3 is 1.48 bits per heavy atom. The molecule has 160 valence electrons. The minimum Gasteiger partial charge on any atom is -0.507 e. The highest BCUT2D eigenvalue weighted by atomic mass is 31.0. The summed E-state index contributed by atoms with van der Waals surface area (Å²) in [5, 5.41) is 22.2. The van der Waals surface area contributed by atoms with Crippen LogP contribution >= 0.6 is 9.24 Å². The summed E-state index contributed by atoms with van der Waals surface area (Å²) in [6, 6.07) is 8.39. The molecule has 2 aromatic carbocycles. The molecule has 0 amide bonds. The molecule has 2 rings (SSSR count). The van der Waals surface area contributed by atoms with Crippen LogP contribution in [0.4, 0.5) is 0 Å². The Morgan fingerprint density at radius 2 is 1.17 bits per heavy atom. The van der Waals surface area contributed by atoms with Crippen molar-refractivity contribution in [3.05, 3.63) is 57.6 Å². The molecule has 0 heterocycles. The molecule has 0 aliphatic heterocycles. The van der Waals surface area contributed by atoms with Crippen molar-refractivity contribution in [1.29, 1.82) is 0 Å². The van der Waals surface area contributed by atoms with Gasteiger partial charge in [0.2, 0.25) is 0 Å². The van der Waals surface area contributed by atoms with E-state index in [1.165, 1.54) is 0 Å². The lowest BCUT2D eigenvalue weighted by Crippen LogP contribution is -2.24. The van der Waals surface area contributed by atoms with Crippen LogP contribution in [0.2, 0.25) is 0 Å². The summed E-state index contributed by atoms with van der Waals surface area (Å²) in [4.78, 5) is 0. The Kier molecular flexibility index (Phi) is 8.18. The van der Waals surface area contributed by atoms with Crippen molar-refractivity contribution in [3.63, 3.8) is 0 Å². The Labute approximate surface area is 180 Å². The summed E-state index contributed by atoms with van der Waals surface area (Å²) in [6.07, 6.45) is 6.07. The maximum Gasteiger partial charge on any atom is 0.122 e. The molecule has 0 saturated heterocycles. The predicted molar refractivity (Wildman–Crippen MR) is 129 cm³/mol. The number of unbranched alkanes of at least 4 members (excludes halogenated alkanes) is 2. The molecule has 1 atom stereocenters. The minimum absolute atomic E-state index is 0.118. The van der Waals surface area contributed by atoms with Gasteiger partial charge >= 0.3 is 0 Å². The molecule has 3 heteroatoms. The van der Waals surface area contributed by atoms with Crippen LogP contribution in [0.5, 0.6) is 11.5 Å². The number of phenols is 2. The van der Waals surface area contributed by atoms with Crippen molar-refractivity contribution in [3.8, 4) is 11.5 Å². The van der Waals surface area contributed by atoms with Gasteiger partial charge in [-0.1, -0.05) is 75.9 Å². The maximum atomic E-state index is 11.2. The second-order valence-electron chi connectivity index (χ2n) is 9.19. The van der Waals surface area contributed by atoms with E-state index in [4.69, 9.17) is 0 Å². The number of aromatic hydroxyl groups is 2. The summed E-state index contributed by atoms with van der Waals surface area (Å²) >= 11 is 0.